The largest absolute Gasteiger partial charge is 0.476 e. The molecule has 2 aromatic carbocycles. The Labute approximate surface area is 182 Å². The molecule has 0 radical (unpaired) electrons. The van der Waals surface area contributed by atoms with E-state index in [0.717, 1.165) is 35.3 Å². The Bertz CT molecular complexity index is 1170. The van der Waals surface area contributed by atoms with Gasteiger partial charge in [0.15, 0.2) is 12.4 Å². The van der Waals surface area contributed by atoms with Crippen molar-refractivity contribution in [2.24, 2.45) is 0 Å². The molecule has 1 aliphatic heterocycles. The van der Waals surface area contributed by atoms with Gasteiger partial charge in [0, 0.05) is 31.7 Å². The topological polar surface area (TPSA) is 63.0 Å². The number of rotatable bonds is 4. The van der Waals surface area contributed by atoms with Gasteiger partial charge in [-0.2, -0.15) is 0 Å². The molecule has 2 heterocycles. The molecule has 0 unspecified atom stereocenters. The van der Waals surface area contributed by atoms with E-state index < -0.39 is 0 Å². The number of fused-ring (bicyclic) bond motifs is 1. The average molecular weight is 421 g/mol. The SMILES string of the molecule is Cc1ccc(-c2oc3c(C)cc(C)cc3c(=O)c2OCC(=O)N2CCN(C)CC2)cc1. The highest BCUT2D eigenvalue weighted by Gasteiger charge is 2.23. The zero-order valence-corrected chi connectivity index (χ0v) is 18.5. The fraction of sp³-hybridized carbons (Fsp3) is 0.360. The zero-order chi connectivity index (χ0) is 22.1. The fourth-order valence-electron chi connectivity index (χ4n) is 3.94. The van der Waals surface area contributed by atoms with E-state index in [-0.39, 0.29) is 23.7 Å². The van der Waals surface area contributed by atoms with Crippen molar-refractivity contribution in [1.29, 1.82) is 0 Å². The van der Waals surface area contributed by atoms with Crippen molar-refractivity contribution < 1.29 is 13.9 Å². The number of amides is 1. The number of hydrogen-bond donors (Lipinski definition) is 0. The van der Waals surface area contributed by atoms with E-state index in [9.17, 15) is 9.59 Å². The number of carbonyl (C=O) groups is 1. The molecular formula is C25H28N2O4. The summed E-state index contributed by atoms with van der Waals surface area (Å²) in [4.78, 5) is 30.1. The van der Waals surface area contributed by atoms with Crippen LogP contribution in [0.4, 0.5) is 0 Å². The Morgan fingerprint density at radius 3 is 2.35 bits per heavy atom. The van der Waals surface area contributed by atoms with Crippen LogP contribution >= 0.6 is 0 Å². The molecule has 162 valence electrons. The van der Waals surface area contributed by atoms with Gasteiger partial charge < -0.3 is 19.0 Å². The van der Waals surface area contributed by atoms with Crippen molar-refractivity contribution in [3.63, 3.8) is 0 Å². The first kappa shape index (κ1) is 21.1. The van der Waals surface area contributed by atoms with Crippen molar-refractivity contribution >= 4 is 16.9 Å². The third-order valence-electron chi connectivity index (χ3n) is 5.79. The van der Waals surface area contributed by atoms with Gasteiger partial charge in [-0.15, -0.1) is 0 Å². The summed E-state index contributed by atoms with van der Waals surface area (Å²) in [5.74, 6) is 0.322. The van der Waals surface area contributed by atoms with E-state index in [1.165, 1.54) is 0 Å². The number of aryl methyl sites for hydroxylation is 3. The Kier molecular flexibility index (Phi) is 5.83. The number of likely N-dealkylation sites (N-methyl/N-ethyl adjacent to an activating group) is 1. The number of carbonyl (C=O) groups excluding carboxylic acids is 1. The maximum Gasteiger partial charge on any atom is 0.260 e. The molecule has 0 N–H and O–H groups in total. The molecule has 1 aliphatic rings. The zero-order valence-electron chi connectivity index (χ0n) is 18.5. The maximum absolute atomic E-state index is 13.4. The second-order valence-electron chi connectivity index (χ2n) is 8.39. The normalized spacial score (nSPS) is 14.8. The summed E-state index contributed by atoms with van der Waals surface area (Å²) >= 11 is 0. The van der Waals surface area contributed by atoms with Crippen LogP contribution in [-0.2, 0) is 4.79 Å². The van der Waals surface area contributed by atoms with E-state index in [1.807, 2.05) is 64.2 Å². The van der Waals surface area contributed by atoms with Crippen LogP contribution in [0.5, 0.6) is 5.75 Å². The number of piperazine rings is 1. The highest BCUT2D eigenvalue weighted by Crippen LogP contribution is 2.32. The van der Waals surface area contributed by atoms with Crippen molar-refractivity contribution in [3.8, 4) is 17.1 Å². The van der Waals surface area contributed by atoms with E-state index in [1.54, 1.807) is 4.90 Å². The lowest BCUT2D eigenvalue weighted by molar-refractivity contribution is -0.134. The molecule has 3 aromatic rings. The van der Waals surface area contributed by atoms with Gasteiger partial charge in [-0.1, -0.05) is 35.9 Å². The third kappa shape index (κ3) is 4.35. The maximum atomic E-state index is 13.4. The van der Waals surface area contributed by atoms with Gasteiger partial charge in [0.2, 0.25) is 11.2 Å². The summed E-state index contributed by atoms with van der Waals surface area (Å²) in [5.41, 5.74) is 4.00. The summed E-state index contributed by atoms with van der Waals surface area (Å²) < 4.78 is 12.1. The molecular weight excluding hydrogens is 392 g/mol. The van der Waals surface area contributed by atoms with Gasteiger partial charge in [0.25, 0.3) is 5.91 Å². The van der Waals surface area contributed by atoms with Gasteiger partial charge >= 0.3 is 0 Å². The van der Waals surface area contributed by atoms with Crippen molar-refractivity contribution in [2.75, 3.05) is 39.8 Å². The van der Waals surface area contributed by atoms with Crippen LogP contribution in [0.15, 0.2) is 45.6 Å². The molecule has 0 spiro atoms. The molecule has 1 aromatic heterocycles. The summed E-state index contributed by atoms with van der Waals surface area (Å²) in [6.45, 7) is 8.66. The van der Waals surface area contributed by atoms with Crippen LogP contribution in [0.1, 0.15) is 16.7 Å². The summed E-state index contributed by atoms with van der Waals surface area (Å²) in [5, 5.41) is 0.468. The van der Waals surface area contributed by atoms with Crippen molar-refractivity contribution in [3.05, 3.63) is 63.3 Å². The fourth-order valence-corrected chi connectivity index (χ4v) is 3.94. The summed E-state index contributed by atoms with van der Waals surface area (Å²) in [6, 6.07) is 11.5. The van der Waals surface area contributed by atoms with Gasteiger partial charge in [0.05, 0.1) is 5.39 Å². The van der Waals surface area contributed by atoms with Crippen LogP contribution in [0.25, 0.3) is 22.3 Å². The van der Waals surface area contributed by atoms with Crippen LogP contribution in [0.2, 0.25) is 0 Å². The molecule has 1 fully saturated rings. The molecule has 4 rings (SSSR count). The standard InChI is InChI=1S/C25H28N2O4/c1-16-5-7-19(8-6-16)24-25(30-15-21(28)27-11-9-26(4)10-12-27)22(29)20-14-17(2)13-18(3)23(20)31-24/h5-8,13-14H,9-12,15H2,1-4H3. The summed E-state index contributed by atoms with van der Waals surface area (Å²) in [7, 11) is 2.04. The molecule has 1 amide bonds. The van der Waals surface area contributed by atoms with Crippen LogP contribution < -0.4 is 10.2 Å². The van der Waals surface area contributed by atoms with Gasteiger partial charge in [-0.3, -0.25) is 9.59 Å². The Morgan fingerprint density at radius 2 is 1.68 bits per heavy atom. The second-order valence-corrected chi connectivity index (χ2v) is 8.39. The van der Waals surface area contributed by atoms with Gasteiger partial charge in [0.1, 0.15) is 5.58 Å². The minimum Gasteiger partial charge on any atom is -0.476 e. The number of nitrogens with zero attached hydrogens (tertiary/aromatic N) is 2. The lowest BCUT2D eigenvalue weighted by atomic mass is 10.0. The monoisotopic (exact) mass is 420 g/mol. The molecule has 6 nitrogen and oxygen atoms in total. The minimum absolute atomic E-state index is 0.0869. The molecule has 6 heteroatoms. The molecule has 0 aliphatic carbocycles. The third-order valence-corrected chi connectivity index (χ3v) is 5.79. The van der Waals surface area contributed by atoms with Crippen LogP contribution in [0.3, 0.4) is 0 Å². The van der Waals surface area contributed by atoms with E-state index in [0.29, 0.717) is 29.8 Å². The Balaban J connectivity index is 1.74. The molecule has 0 atom stereocenters. The highest BCUT2D eigenvalue weighted by molar-refractivity contribution is 5.85. The quantitative estimate of drug-likeness (QED) is 0.646. The van der Waals surface area contributed by atoms with E-state index in [4.69, 9.17) is 9.15 Å². The number of ether oxygens (including phenoxy) is 1. The summed E-state index contributed by atoms with van der Waals surface area (Å²) in [6.07, 6.45) is 0. The predicted octanol–water partition coefficient (Wildman–Crippen LogP) is 3.54. The first-order valence-corrected chi connectivity index (χ1v) is 10.6. The smallest absolute Gasteiger partial charge is 0.260 e. The van der Waals surface area contributed by atoms with Gasteiger partial charge in [-0.05, 0) is 45.0 Å². The van der Waals surface area contributed by atoms with Gasteiger partial charge in [-0.25, -0.2) is 0 Å². The van der Waals surface area contributed by atoms with Crippen molar-refractivity contribution in [2.45, 2.75) is 20.8 Å². The number of benzene rings is 2. The van der Waals surface area contributed by atoms with Crippen LogP contribution in [0, 0.1) is 20.8 Å². The first-order valence-electron chi connectivity index (χ1n) is 10.6. The lowest BCUT2D eigenvalue weighted by Crippen LogP contribution is -2.48. The lowest BCUT2D eigenvalue weighted by Gasteiger charge is -2.32. The van der Waals surface area contributed by atoms with Crippen molar-refractivity contribution in [1.82, 2.24) is 9.80 Å². The molecule has 1 saturated heterocycles. The predicted molar refractivity (Wildman–Crippen MR) is 122 cm³/mol. The highest BCUT2D eigenvalue weighted by atomic mass is 16.5. The van der Waals surface area contributed by atoms with Crippen LogP contribution in [-0.4, -0.2) is 55.5 Å². The Hall–Kier alpha value is -3.12. The molecule has 0 saturated carbocycles. The van der Waals surface area contributed by atoms with E-state index >= 15 is 0 Å². The molecule has 0 bridgehead atoms. The average Bonchev–Trinajstić information content (AvgIpc) is 2.74. The molecule has 31 heavy (non-hydrogen) atoms. The second kappa shape index (κ2) is 8.55. The Morgan fingerprint density at radius 1 is 1.00 bits per heavy atom. The number of hydrogen-bond acceptors (Lipinski definition) is 5. The first-order chi connectivity index (χ1) is 14.8. The van der Waals surface area contributed by atoms with E-state index in [2.05, 4.69) is 4.90 Å². The minimum atomic E-state index is -0.255.